The van der Waals surface area contributed by atoms with Gasteiger partial charge in [0.1, 0.15) is 5.54 Å². The number of hydrogen-bond acceptors (Lipinski definition) is 4. The first-order valence-electron chi connectivity index (χ1n) is 7.02. The van der Waals surface area contributed by atoms with Crippen LogP contribution in [0.2, 0.25) is 0 Å². The van der Waals surface area contributed by atoms with E-state index in [0.29, 0.717) is 12.5 Å². The van der Waals surface area contributed by atoms with Crippen molar-refractivity contribution in [2.24, 2.45) is 11.7 Å². The van der Waals surface area contributed by atoms with Gasteiger partial charge in [-0.05, 0) is 45.6 Å². The van der Waals surface area contributed by atoms with Crippen molar-refractivity contribution >= 4 is 5.97 Å². The van der Waals surface area contributed by atoms with E-state index in [4.69, 9.17) is 10.5 Å². The first kappa shape index (κ1) is 15.4. The first-order valence-corrected chi connectivity index (χ1v) is 7.02. The van der Waals surface area contributed by atoms with Crippen LogP contribution in [0.25, 0.3) is 0 Å². The van der Waals surface area contributed by atoms with Crippen LogP contribution in [0.4, 0.5) is 0 Å². The Balaban J connectivity index is 2.46. The fourth-order valence-corrected chi connectivity index (χ4v) is 2.97. The maximum atomic E-state index is 11.6. The molecule has 4 heteroatoms. The Kier molecular flexibility index (Phi) is 5.60. The molecular formula is C14H28N2O2. The van der Waals surface area contributed by atoms with Gasteiger partial charge in [0.15, 0.2) is 0 Å². The second-order valence-electron chi connectivity index (χ2n) is 5.90. The van der Waals surface area contributed by atoms with Crippen LogP contribution >= 0.6 is 0 Å². The molecule has 1 aliphatic rings. The molecule has 0 aromatic heterocycles. The smallest absolute Gasteiger partial charge is 0.325 e. The maximum absolute atomic E-state index is 11.6. The number of ether oxygens (including phenoxy) is 1. The molecule has 0 spiro atoms. The third kappa shape index (κ3) is 3.95. The maximum Gasteiger partial charge on any atom is 0.325 e. The van der Waals surface area contributed by atoms with Crippen LogP contribution in [-0.2, 0) is 9.53 Å². The van der Waals surface area contributed by atoms with Gasteiger partial charge < -0.3 is 15.4 Å². The number of rotatable bonds is 6. The molecule has 1 heterocycles. The van der Waals surface area contributed by atoms with Crippen LogP contribution in [0, 0.1) is 5.92 Å². The summed E-state index contributed by atoms with van der Waals surface area (Å²) in [5, 5.41) is 0. The Bertz CT molecular complexity index is 279. The van der Waals surface area contributed by atoms with Crippen molar-refractivity contribution < 1.29 is 9.53 Å². The standard InChI is InChI=1S/C14H28N2O2/c1-5-6-12-7-8-16(10-12)11(2)9-14(3,15)13(17)18-4/h11-12H,5-10,15H2,1-4H3. The van der Waals surface area contributed by atoms with Crippen LogP contribution in [0.1, 0.15) is 46.5 Å². The lowest BCUT2D eigenvalue weighted by molar-refractivity contribution is -0.147. The normalized spacial score (nSPS) is 25.7. The van der Waals surface area contributed by atoms with Crippen molar-refractivity contribution in [2.75, 3.05) is 20.2 Å². The van der Waals surface area contributed by atoms with E-state index in [1.807, 2.05) is 0 Å². The highest BCUT2D eigenvalue weighted by Crippen LogP contribution is 2.25. The number of nitrogens with two attached hydrogens (primary N) is 1. The van der Waals surface area contributed by atoms with E-state index in [1.165, 1.54) is 26.4 Å². The molecule has 1 rings (SSSR count). The molecule has 0 aromatic rings. The zero-order chi connectivity index (χ0) is 13.8. The third-order valence-electron chi connectivity index (χ3n) is 4.01. The Hall–Kier alpha value is -0.610. The van der Waals surface area contributed by atoms with Gasteiger partial charge in [-0.1, -0.05) is 13.3 Å². The summed E-state index contributed by atoms with van der Waals surface area (Å²) >= 11 is 0. The van der Waals surface area contributed by atoms with Crippen molar-refractivity contribution in [1.82, 2.24) is 4.90 Å². The number of hydrogen-bond donors (Lipinski definition) is 1. The van der Waals surface area contributed by atoms with Crippen LogP contribution < -0.4 is 5.73 Å². The van der Waals surface area contributed by atoms with Gasteiger partial charge in [0, 0.05) is 12.6 Å². The summed E-state index contributed by atoms with van der Waals surface area (Å²) in [6, 6.07) is 0.334. The van der Waals surface area contributed by atoms with Gasteiger partial charge in [0.2, 0.25) is 0 Å². The molecule has 106 valence electrons. The van der Waals surface area contributed by atoms with E-state index in [-0.39, 0.29) is 5.97 Å². The fourth-order valence-electron chi connectivity index (χ4n) is 2.97. The van der Waals surface area contributed by atoms with Gasteiger partial charge in [-0.15, -0.1) is 0 Å². The monoisotopic (exact) mass is 256 g/mol. The molecule has 0 aromatic carbocycles. The highest BCUT2D eigenvalue weighted by molar-refractivity contribution is 5.79. The van der Waals surface area contributed by atoms with Gasteiger partial charge >= 0.3 is 5.97 Å². The predicted molar refractivity (Wildman–Crippen MR) is 73.3 cm³/mol. The Morgan fingerprint density at radius 1 is 1.61 bits per heavy atom. The lowest BCUT2D eigenvalue weighted by atomic mass is 9.94. The third-order valence-corrected chi connectivity index (χ3v) is 4.01. The molecular weight excluding hydrogens is 228 g/mol. The summed E-state index contributed by atoms with van der Waals surface area (Å²) in [7, 11) is 1.39. The average molecular weight is 256 g/mol. The molecule has 0 saturated carbocycles. The number of carbonyl (C=O) groups excluding carboxylic acids is 1. The van der Waals surface area contributed by atoms with Crippen molar-refractivity contribution in [3.8, 4) is 0 Å². The molecule has 0 aliphatic carbocycles. The van der Waals surface area contributed by atoms with Crippen LogP contribution in [0.3, 0.4) is 0 Å². The number of nitrogens with zero attached hydrogens (tertiary/aromatic N) is 1. The van der Waals surface area contributed by atoms with E-state index in [0.717, 1.165) is 19.0 Å². The minimum atomic E-state index is -0.878. The minimum absolute atomic E-state index is 0.321. The van der Waals surface area contributed by atoms with Crippen molar-refractivity contribution in [1.29, 1.82) is 0 Å². The molecule has 4 nitrogen and oxygen atoms in total. The van der Waals surface area contributed by atoms with Crippen LogP contribution in [0.15, 0.2) is 0 Å². The molecule has 3 unspecified atom stereocenters. The minimum Gasteiger partial charge on any atom is -0.468 e. The highest BCUT2D eigenvalue weighted by Gasteiger charge is 2.35. The molecule has 3 atom stereocenters. The highest BCUT2D eigenvalue weighted by atomic mass is 16.5. The van der Waals surface area contributed by atoms with Gasteiger partial charge in [-0.25, -0.2) is 0 Å². The number of likely N-dealkylation sites (tertiary alicyclic amines) is 1. The first-order chi connectivity index (χ1) is 8.40. The van der Waals surface area contributed by atoms with E-state index >= 15 is 0 Å². The Morgan fingerprint density at radius 2 is 2.28 bits per heavy atom. The summed E-state index contributed by atoms with van der Waals surface area (Å²) in [6.45, 7) is 8.42. The molecule has 18 heavy (non-hydrogen) atoms. The second-order valence-corrected chi connectivity index (χ2v) is 5.90. The molecule has 1 saturated heterocycles. The zero-order valence-electron chi connectivity index (χ0n) is 12.2. The van der Waals surface area contributed by atoms with Gasteiger partial charge in [0.05, 0.1) is 7.11 Å². The predicted octanol–water partition coefficient (Wildman–Crippen LogP) is 1.78. The van der Waals surface area contributed by atoms with Crippen LogP contribution in [0.5, 0.6) is 0 Å². The molecule has 0 bridgehead atoms. The summed E-state index contributed by atoms with van der Waals surface area (Å²) in [4.78, 5) is 14.0. The Labute approximate surface area is 111 Å². The average Bonchev–Trinajstić information content (AvgIpc) is 2.76. The van der Waals surface area contributed by atoms with E-state index < -0.39 is 5.54 Å². The molecule has 2 N–H and O–H groups in total. The molecule has 0 amide bonds. The zero-order valence-corrected chi connectivity index (χ0v) is 12.2. The topological polar surface area (TPSA) is 55.6 Å². The molecule has 0 radical (unpaired) electrons. The van der Waals surface area contributed by atoms with E-state index in [9.17, 15) is 4.79 Å². The fraction of sp³-hybridized carbons (Fsp3) is 0.929. The van der Waals surface area contributed by atoms with E-state index in [1.54, 1.807) is 6.92 Å². The van der Waals surface area contributed by atoms with E-state index in [2.05, 4.69) is 18.7 Å². The summed E-state index contributed by atoms with van der Waals surface area (Å²) in [6.07, 6.45) is 4.49. The summed E-state index contributed by atoms with van der Waals surface area (Å²) < 4.78 is 4.76. The van der Waals surface area contributed by atoms with Crippen molar-refractivity contribution in [2.45, 2.75) is 58.0 Å². The summed E-state index contributed by atoms with van der Waals surface area (Å²) in [5.74, 6) is 0.498. The van der Waals surface area contributed by atoms with Gasteiger partial charge in [-0.2, -0.15) is 0 Å². The van der Waals surface area contributed by atoms with Gasteiger partial charge in [-0.3, -0.25) is 4.79 Å². The quantitative estimate of drug-likeness (QED) is 0.736. The number of esters is 1. The molecule has 1 fully saturated rings. The van der Waals surface area contributed by atoms with Crippen molar-refractivity contribution in [3.63, 3.8) is 0 Å². The van der Waals surface area contributed by atoms with Crippen molar-refractivity contribution in [3.05, 3.63) is 0 Å². The Morgan fingerprint density at radius 3 is 2.83 bits per heavy atom. The second kappa shape index (κ2) is 6.53. The van der Waals surface area contributed by atoms with Crippen LogP contribution in [-0.4, -0.2) is 42.6 Å². The lowest BCUT2D eigenvalue weighted by Crippen LogP contribution is -2.50. The van der Waals surface area contributed by atoms with Gasteiger partial charge in [0.25, 0.3) is 0 Å². The largest absolute Gasteiger partial charge is 0.468 e. The lowest BCUT2D eigenvalue weighted by Gasteiger charge is -2.31. The number of methoxy groups -OCH3 is 1. The molecule has 1 aliphatic heterocycles. The number of carbonyl (C=O) groups is 1. The summed E-state index contributed by atoms with van der Waals surface area (Å²) in [5.41, 5.74) is 5.15. The SMILES string of the molecule is CCCC1CCN(C(C)CC(C)(N)C(=O)OC)C1.